The van der Waals surface area contributed by atoms with Gasteiger partial charge in [0.2, 0.25) is 0 Å². The van der Waals surface area contributed by atoms with Crippen LogP contribution >= 0.6 is 0 Å². The first-order valence-corrected chi connectivity index (χ1v) is 7.39. The lowest BCUT2D eigenvalue weighted by molar-refractivity contribution is 0.168. The molecular weight excluding hydrogens is 264 g/mol. The highest BCUT2D eigenvalue weighted by molar-refractivity contribution is 5.49. The smallest absolute Gasteiger partial charge is 0.166 e. The summed E-state index contributed by atoms with van der Waals surface area (Å²) in [4.78, 5) is 4.08. The van der Waals surface area contributed by atoms with E-state index in [1.54, 1.807) is 0 Å². The van der Waals surface area contributed by atoms with Gasteiger partial charge in [0.25, 0.3) is 0 Å². The first-order chi connectivity index (χ1) is 10.4. The number of likely N-dealkylation sites (N-methyl/N-ethyl adjacent to an activating group) is 1. The summed E-state index contributed by atoms with van der Waals surface area (Å²) in [7, 11) is 0. The Kier molecular flexibility index (Phi) is 4.36. The molecule has 0 amide bonds. The molecule has 0 aliphatic carbocycles. The van der Waals surface area contributed by atoms with Gasteiger partial charge in [-0.25, -0.2) is 0 Å². The van der Waals surface area contributed by atoms with Crippen LogP contribution in [0.5, 0.6) is 11.5 Å². The molecule has 2 aromatic rings. The molecule has 1 N–H and O–H groups in total. The predicted molar refractivity (Wildman–Crippen MR) is 81.8 cm³/mol. The Morgan fingerprint density at radius 1 is 1.14 bits per heavy atom. The average molecular weight is 284 g/mol. The molecule has 0 saturated carbocycles. The third kappa shape index (κ3) is 3.16. The van der Waals surface area contributed by atoms with Crippen LogP contribution in [0.3, 0.4) is 0 Å². The number of nitrogens with one attached hydrogen (secondary N) is 1. The van der Waals surface area contributed by atoms with Crippen LogP contribution in [-0.2, 0) is 6.42 Å². The molecule has 0 saturated heterocycles. The van der Waals surface area contributed by atoms with Crippen molar-refractivity contribution in [3.8, 4) is 11.5 Å². The summed E-state index contributed by atoms with van der Waals surface area (Å²) in [5.41, 5.74) is 2.41. The first-order valence-electron chi connectivity index (χ1n) is 7.39. The van der Waals surface area contributed by atoms with E-state index in [2.05, 4.69) is 35.4 Å². The molecule has 1 aromatic heterocycles. The molecule has 3 rings (SSSR count). The van der Waals surface area contributed by atoms with Gasteiger partial charge in [0.1, 0.15) is 13.2 Å². The van der Waals surface area contributed by atoms with E-state index >= 15 is 0 Å². The largest absolute Gasteiger partial charge is 0.486 e. The second-order valence-electron chi connectivity index (χ2n) is 5.04. The van der Waals surface area contributed by atoms with Gasteiger partial charge in [-0.15, -0.1) is 0 Å². The summed E-state index contributed by atoms with van der Waals surface area (Å²) in [6.45, 7) is 4.25. The Balaban J connectivity index is 1.90. The van der Waals surface area contributed by atoms with Gasteiger partial charge in [-0.05, 0) is 36.7 Å². The van der Waals surface area contributed by atoms with Gasteiger partial charge in [0.15, 0.2) is 11.5 Å². The highest BCUT2D eigenvalue weighted by Crippen LogP contribution is 2.37. The van der Waals surface area contributed by atoms with E-state index in [1.165, 1.54) is 5.56 Å². The Morgan fingerprint density at radius 2 is 1.95 bits per heavy atom. The van der Waals surface area contributed by atoms with Crippen molar-refractivity contribution >= 4 is 0 Å². The molecule has 4 nitrogen and oxygen atoms in total. The molecule has 0 fully saturated rings. The molecule has 1 unspecified atom stereocenters. The average Bonchev–Trinajstić information content (AvgIpc) is 2.55. The summed E-state index contributed by atoms with van der Waals surface area (Å²) in [5.74, 6) is 1.72. The number of fused-ring (bicyclic) bond motifs is 1. The second-order valence-corrected chi connectivity index (χ2v) is 5.04. The fraction of sp³-hybridized carbons (Fsp3) is 0.353. The number of hydrogen-bond donors (Lipinski definition) is 1. The molecule has 21 heavy (non-hydrogen) atoms. The normalized spacial score (nSPS) is 14.7. The van der Waals surface area contributed by atoms with E-state index in [0.29, 0.717) is 13.2 Å². The monoisotopic (exact) mass is 284 g/mol. The molecule has 2 heterocycles. The van der Waals surface area contributed by atoms with Crippen molar-refractivity contribution in [2.45, 2.75) is 19.4 Å². The second kappa shape index (κ2) is 6.59. The lowest BCUT2D eigenvalue weighted by Gasteiger charge is -2.26. The maximum atomic E-state index is 5.84. The van der Waals surface area contributed by atoms with Crippen molar-refractivity contribution < 1.29 is 9.47 Å². The van der Waals surface area contributed by atoms with Gasteiger partial charge in [-0.3, -0.25) is 4.98 Å². The lowest BCUT2D eigenvalue weighted by atomic mass is 9.98. The number of para-hydroxylation sites is 1. The quantitative estimate of drug-likeness (QED) is 0.917. The minimum atomic E-state index is 0.203. The highest BCUT2D eigenvalue weighted by Gasteiger charge is 2.21. The Bertz CT molecular complexity index is 587. The van der Waals surface area contributed by atoms with Crippen LogP contribution in [0.25, 0.3) is 0 Å². The number of pyridine rings is 1. The van der Waals surface area contributed by atoms with E-state index in [1.807, 2.05) is 24.5 Å². The Morgan fingerprint density at radius 3 is 2.76 bits per heavy atom. The van der Waals surface area contributed by atoms with Crippen molar-refractivity contribution in [2.75, 3.05) is 19.8 Å². The molecule has 1 aliphatic heterocycles. The van der Waals surface area contributed by atoms with Crippen molar-refractivity contribution in [1.29, 1.82) is 0 Å². The highest BCUT2D eigenvalue weighted by atomic mass is 16.6. The molecule has 1 atom stereocenters. The summed E-state index contributed by atoms with van der Waals surface area (Å²) in [6, 6.07) is 10.4. The summed E-state index contributed by atoms with van der Waals surface area (Å²) < 4.78 is 11.5. The number of ether oxygens (including phenoxy) is 2. The zero-order valence-electron chi connectivity index (χ0n) is 12.2. The summed E-state index contributed by atoms with van der Waals surface area (Å²) in [6.07, 6.45) is 4.56. The van der Waals surface area contributed by atoms with Gasteiger partial charge in [0, 0.05) is 24.0 Å². The van der Waals surface area contributed by atoms with E-state index in [-0.39, 0.29) is 6.04 Å². The van der Waals surface area contributed by atoms with E-state index in [0.717, 1.165) is 30.0 Å². The number of rotatable bonds is 5. The van der Waals surface area contributed by atoms with Crippen molar-refractivity contribution in [2.24, 2.45) is 0 Å². The van der Waals surface area contributed by atoms with Gasteiger partial charge in [-0.2, -0.15) is 0 Å². The molecule has 0 spiro atoms. The lowest BCUT2D eigenvalue weighted by Crippen LogP contribution is -2.25. The third-order valence-electron chi connectivity index (χ3n) is 3.61. The van der Waals surface area contributed by atoms with E-state index in [4.69, 9.17) is 9.47 Å². The van der Waals surface area contributed by atoms with Gasteiger partial charge < -0.3 is 14.8 Å². The minimum Gasteiger partial charge on any atom is -0.486 e. The first kappa shape index (κ1) is 13.9. The van der Waals surface area contributed by atoms with Gasteiger partial charge in [0.05, 0.1) is 0 Å². The van der Waals surface area contributed by atoms with Gasteiger partial charge in [-0.1, -0.05) is 19.1 Å². The number of benzene rings is 1. The fourth-order valence-corrected chi connectivity index (χ4v) is 2.66. The topological polar surface area (TPSA) is 43.4 Å². The van der Waals surface area contributed by atoms with Crippen LogP contribution in [0, 0.1) is 0 Å². The van der Waals surface area contributed by atoms with Crippen molar-refractivity contribution in [1.82, 2.24) is 10.3 Å². The third-order valence-corrected chi connectivity index (χ3v) is 3.61. The maximum absolute atomic E-state index is 5.84. The zero-order valence-corrected chi connectivity index (χ0v) is 12.2. The Labute approximate surface area is 125 Å². The van der Waals surface area contributed by atoms with Crippen LogP contribution in [-0.4, -0.2) is 24.7 Å². The summed E-state index contributed by atoms with van der Waals surface area (Å²) >= 11 is 0. The maximum Gasteiger partial charge on any atom is 0.166 e. The van der Waals surface area contributed by atoms with E-state index in [9.17, 15) is 0 Å². The van der Waals surface area contributed by atoms with E-state index < -0.39 is 0 Å². The van der Waals surface area contributed by atoms with Crippen LogP contribution in [0.2, 0.25) is 0 Å². The summed E-state index contributed by atoms with van der Waals surface area (Å²) in [5, 5.41) is 3.54. The fourth-order valence-electron chi connectivity index (χ4n) is 2.66. The SMILES string of the molecule is CCNC(Cc1ccncc1)c1cccc2c1OCCO2. The molecule has 0 radical (unpaired) electrons. The molecule has 1 aromatic carbocycles. The molecule has 4 heteroatoms. The minimum absolute atomic E-state index is 0.203. The number of hydrogen-bond acceptors (Lipinski definition) is 4. The Hall–Kier alpha value is -2.07. The van der Waals surface area contributed by atoms with Crippen LogP contribution in [0.1, 0.15) is 24.1 Å². The van der Waals surface area contributed by atoms with Crippen LogP contribution in [0.15, 0.2) is 42.7 Å². The van der Waals surface area contributed by atoms with Crippen molar-refractivity contribution in [3.05, 3.63) is 53.9 Å². The molecular formula is C17H20N2O2. The molecule has 110 valence electrons. The van der Waals surface area contributed by atoms with Gasteiger partial charge >= 0.3 is 0 Å². The van der Waals surface area contributed by atoms with Crippen LogP contribution in [0.4, 0.5) is 0 Å². The van der Waals surface area contributed by atoms with Crippen molar-refractivity contribution in [3.63, 3.8) is 0 Å². The standard InChI is InChI=1S/C17H20N2O2/c1-2-19-15(12-13-6-8-18-9-7-13)14-4-3-5-16-17(14)21-11-10-20-16/h3-9,15,19H,2,10-12H2,1H3. The molecule has 0 bridgehead atoms. The number of nitrogens with zero attached hydrogens (tertiary/aromatic N) is 1. The molecule has 1 aliphatic rings. The number of aromatic nitrogens is 1. The zero-order chi connectivity index (χ0) is 14.5. The van der Waals surface area contributed by atoms with Crippen LogP contribution < -0.4 is 14.8 Å². The predicted octanol–water partition coefficient (Wildman–Crippen LogP) is 2.75.